The lowest BCUT2D eigenvalue weighted by atomic mass is 10.1. The van der Waals surface area contributed by atoms with E-state index in [2.05, 4.69) is 45.7 Å². The van der Waals surface area contributed by atoms with Crippen molar-refractivity contribution in [2.24, 2.45) is 5.73 Å². The van der Waals surface area contributed by atoms with Gasteiger partial charge in [0.15, 0.2) is 0 Å². The van der Waals surface area contributed by atoms with Gasteiger partial charge in [-0.3, -0.25) is 4.90 Å². The molecule has 1 heterocycles. The first-order valence-corrected chi connectivity index (χ1v) is 7.36. The summed E-state index contributed by atoms with van der Waals surface area (Å²) in [6.45, 7) is 10.8. The van der Waals surface area contributed by atoms with E-state index in [4.69, 9.17) is 10.5 Å². The summed E-state index contributed by atoms with van der Waals surface area (Å²) < 4.78 is 5.60. The van der Waals surface area contributed by atoms with Gasteiger partial charge in [0, 0.05) is 28.9 Å². The fourth-order valence-corrected chi connectivity index (χ4v) is 3.10. The molecular formula is C14H26N2OS. The molecule has 0 aliphatic rings. The number of likely N-dealkylation sites (N-methyl/N-ethyl adjacent to an activating group) is 1. The summed E-state index contributed by atoms with van der Waals surface area (Å²) in [4.78, 5) is 5.02. The molecule has 0 fully saturated rings. The number of thiophene rings is 1. The molecule has 0 amide bonds. The number of hydrogen-bond acceptors (Lipinski definition) is 4. The average Bonchev–Trinajstić information content (AvgIpc) is 2.58. The van der Waals surface area contributed by atoms with Gasteiger partial charge in [0.2, 0.25) is 0 Å². The second kappa shape index (κ2) is 7.24. The summed E-state index contributed by atoms with van der Waals surface area (Å²) in [7, 11) is 2.12. The van der Waals surface area contributed by atoms with E-state index < -0.39 is 0 Å². The predicted octanol–water partition coefficient (Wildman–Crippen LogP) is 2.72. The maximum Gasteiger partial charge on any atom is 0.0597 e. The van der Waals surface area contributed by atoms with E-state index in [9.17, 15) is 0 Å². The van der Waals surface area contributed by atoms with Crippen LogP contribution in [-0.4, -0.2) is 37.7 Å². The fourth-order valence-electron chi connectivity index (χ4n) is 2.11. The van der Waals surface area contributed by atoms with Crippen molar-refractivity contribution in [2.75, 3.05) is 26.7 Å². The van der Waals surface area contributed by atoms with Crippen molar-refractivity contribution in [3.05, 3.63) is 21.4 Å². The second-order valence-electron chi connectivity index (χ2n) is 5.02. The Bertz CT molecular complexity index is 363. The van der Waals surface area contributed by atoms with Crippen molar-refractivity contribution in [1.82, 2.24) is 4.90 Å². The van der Waals surface area contributed by atoms with E-state index in [1.54, 1.807) is 0 Å². The van der Waals surface area contributed by atoms with E-state index in [0.29, 0.717) is 18.7 Å². The van der Waals surface area contributed by atoms with Gasteiger partial charge in [-0.25, -0.2) is 0 Å². The van der Waals surface area contributed by atoms with Gasteiger partial charge in [0.25, 0.3) is 0 Å². The van der Waals surface area contributed by atoms with Gasteiger partial charge in [-0.05, 0) is 46.4 Å². The van der Waals surface area contributed by atoms with Crippen LogP contribution < -0.4 is 5.73 Å². The monoisotopic (exact) mass is 270 g/mol. The number of rotatable bonds is 7. The Kier molecular flexibility index (Phi) is 6.29. The van der Waals surface area contributed by atoms with Crippen LogP contribution in [-0.2, 0) is 4.74 Å². The Morgan fingerprint density at radius 3 is 2.50 bits per heavy atom. The summed E-state index contributed by atoms with van der Waals surface area (Å²) >= 11 is 1.85. The zero-order valence-corrected chi connectivity index (χ0v) is 13.0. The third-order valence-electron chi connectivity index (χ3n) is 3.09. The van der Waals surface area contributed by atoms with Crippen LogP contribution in [0.1, 0.15) is 35.2 Å². The molecule has 0 aliphatic heterocycles. The third-order valence-corrected chi connectivity index (χ3v) is 4.07. The van der Waals surface area contributed by atoms with Crippen LogP contribution in [0.4, 0.5) is 0 Å². The van der Waals surface area contributed by atoms with Crippen LogP contribution in [0.3, 0.4) is 0 Å². The quantitative estimate of drug-likeness (QED) is 0.828. The Labute approximate surface area is 115 Å². The van der Waals surface area contributed by atoms with E-state index >= 15 is 0 Å². The first-order chi connectivity index (χ1) is 8.45. The average molecular weight is 270 g/mol. The molecular weight excluding hydrogens is 244 g/mol. The van der Waals surface area contributed by atoms with Gasteiger partial charge in [-0.15, -0.1) is 11.3 Å². The molecule has 1 unspecified atom stereocenters. The van der Waals surface area contributed by atoms with Crippen molar-refractivity contribution >= 4 is 11.3 Å². The van der Waals surface area contributed by atoms with Crippen molar-refractivity contribution in [2.45, 2.75) is 39.8 Å². The van der Waals surface area contributed by atoms with E-state index in [1.807, 2.05) is 11.3 Å². The lowest BCUT2D eigenvalue weighted by Crippen LogP contribution is -2.33. The highest BCUT2D eigenvalue weighted by molar-refractivity contribution is 7.12. The van der Waals surface area contributed by atoms with Gasteiger partial charge in [-0.2, -0.15) is 0 Å². The van der Waals surface area contributed by atoms with Crippen LogP contribution in [0, 0.1) is 13.8 Å². The second-order valence-corrected chi connectivity index (χ2v) is 6.48. The van der Waals surface area contributed by atoms with E-state index in [0.717, 1.165) is 13.2 Å². The number of nitrogens with two attached hydrogens (primary N) is 1. The summed E-state index contributed by atoms with van der Waals surface area (Å²) in [6, 6.07) is 2.56. The molecule has 0 saturated carbocycles. The highest BCUT2D eigenvalue weighted by Gasteiger charge is 2.18. The molecule has 0 aliphatic carbocycles. The Morgan fingerprint density at radius 2 is 2.06 bits per heavy atom. The number of hydrogen-bond donors (Lipinski definition) is 1. The summed E-state index contributed by atoms with van der Waals surface area (Å²) in [5.41, 5.74) is 7.31. The van der Waals surface area contributed by atoms with Crippen molar-refractivity contribution in [3.63, 3.8) is 0 Å². The zero-order chi connectivity index (χ0) is 13.7. The molecule has 4 heteroatoms. The normalized spacial score (nSPS) is 13.6. The highest BCUT2D eigenvalue weighted by atomic mass is 32.1. The number of nitrogens with zero attached hydrogens (tertiary/aromatic N) is 1. The smallest absolute Gasteiger partial charge is 0.0597 e. The van der Waals surface area contributed by atoms with Crippen LogP contribution >= 0.6 is 11.3 Å². The summed E-state index contributed by atoms with van der Waals surface area (Å²) in [6.07, 6.45) is 0.292. The molecule has 1 atom stereocenters. The van der Waals surface area contributed by atoms with Gasteiger partial charge in [0.05, 0.1) is 12.7 Å². The molecule has 1 aromatic rings. The SMILES string of the molecule is Cc1cc(C(CN)N(C)CCOC(C)C)c(C)s1. The fraction of sp³-hybridized carbons (Fsp3) is 0.714. The largest absolute Gasteiger partial charge is 0.377 e. The molecule has 0 bridgehead atoms. The third kappa shape index (κ3) is 4.35. The molecule has 104 valence electrons. The molecule has 0 spiro atoms. The molecule has 18 heavy (non-hydrogen) atoms. The van der Waals surface area contributed by atoms with Gasteiger partial charge >= 0.3 is 0 Å². The zero-order valence-electron chi connectivity index (χ0n) is 12.2. The lowest BCUT2D eigenvalue weighted by Gasteiger charge is -2.27. The molecule has 1 rings (SSSR count). The van der Waals surface area contributed by atoms with Crippen LogP contribution in [0.5, 0.6) is 0 Å². The summed E-state index contributed by atoms with van der Waals surface area (Å²) in [5, 5.41) is 0. The first kappa shape index (κ1) is 15.6. The van der Waals surface area contributed by atoms with Crippen molar-refractivity contribution in [3.8, 4) is 0 Å². The first-order valence-electron chi connectivity index (χ1n) is 6.54. The van der Waals surface area contributed by atoms with E-state index in [1.165, 1.54) is 15.3 Å². The van der Waals surface area contributed by atoms with Gasteiger partial charge in [0.1, 0.15) is 0 Å². The summed E-state index contributed by atoms with van der Waals surface area (Å²) in [5.74, 6) is 0. The van der Waals surface area contributed by atoms with Gasteiger partial charge < -0.3 is 10.5 Å². The Balaban J connectivity index is 2.62. The maximum absolute atomic E-state index is 5.94. The molecule has 3 nitrogen and oxygen atoms in total. The molecule has 1 aromatic heterocycles. The van der Waals surface area contributed by atoms with Crippen molar-refractivity contribution in [1.29, 1.82) is 0 Å². The van der Waals surface area contributed by atoms with Gasteiger partial charge in [-0.1, -0.05) is 0 Å². The Morgan fingerprint density at radius 1 is 1.39 bits per heavy atom. The molecule has 0 saturated heterocycles. The van der Waals surface area contributed by atoms with Crippen LogP contribution in [0.25, 0.3) is 0 Å². The standard InChI is InChI=1S/C14H26N2OS/c1-10(2)17-7-6-16(5)14(9-15)13-8-11(3)18-12(13)4/h8,10,14H,6-7,9,15H2,1-5H3. The highest BCUT2D eigenvalue weighted by Crippen LogP contribution is 2.28. The molecule has 0 aromatic carbocycles. The number of ether oxygens (including phenoxy) is 1. The van der Waals surface area contributed by atoms with Crippen molar-refractivity contribution < 1.29 is 4.74 Å². The van der Waals surface area contributed by atoms with Crippen LogP contribution in [0.15, 0.2) is 6.07 Å². The minimum absolute atomic E-state index is 0.292. The number of aryl methyl sites for hydroxylation is 2. The maximum atomic E-state index is 5.94. The Hall–Kier alpha value is -0.420. The van der Waals surface area contributed by atoms with E-state index in [-0.39, 0.29) is 0 Å². The molecule has 0 radical (unpaired) electrons. The predicted molar refractivity (Wildman–Crippen MR) is 79.3 cm³/mol. The minimum atomic E-state index is 0.292. The van der Waals surface area contributed by atoms with Crippen LogP contribution in [0.2, 0.25) is 0 Å². The lowest BCUT2D eigenvalue weighted by molar-refractivity contribution is 0.0564. The minimum Gasteiger partial charge on any atom is -0.377 e. The topological polar surface area (TPSA) is 38.5 Å². The molecule has 2 N–H and O–H groups in total.